The van der Waals surface area contributed by atoms with E-state index < -0.39 is 0 Å². The number of rotatable bonds is 5. The van der Waals surface area contributed by atoms with Gasteiger partial charge in [0.15, 0.2) is 0 Å². The van der Waals surface area contributed by atoms with E-state index in [1.807, 2.05) is 0 Å². The third-order valence-electron chi connectivity index (χ3n) is 10.7. The summed E-state index contributed by atoms with van der Waals surface area (Å²) in [6.07, 6.45) is 13.6. The summed E-state index contributed by atoms with van der Waals surface area (Å²) in [6.45, 7) is 0. The molecule has 0 unspecified atom stereocenters. The van der Waals surface area contributed by atoms with Crippen LogP contribution in [0.2, 0.25) is 0 Å². The van der Waals surface area contributed by atoms with Gasteiger partial charge in [0.25, 0.3) is 0 Å². The van der Waals surface area contributed by atoms with Crippen molar-refractivity contribution in [1.29, 1.82) is 0 Å². The first-order valence-electron chi connectivity index (χ1n) is 17.8. The van der Waals surface area contributed by atoms with Crippen LogP contribution in [0.15, 0.2) is 164 Å². The van der Waals surface area contributed by atoms with Crippen LogP contribution in [0.5, 0.6) is 0 Å². The fraction of sp³-hybridized carbons (Fsp3) is 0.0833. The molecule has 6 aromatic carbocycles. The third-order valence-corrected chi connectivity index (χ3v) is 10.7. The molecule has 0 radical (unpaired) electrons. The molecule has 0 N–H and O–H groups in total. The Morgan fingerprint density at radius 3 is 1.82 bits per heavy atom. The van der Waals surface area contributed by atoms with Crippen LogP contribution in [0.1, 0.15) is 41.6 Å². The van der Waals surface area contributed by atoms with Crippen molar-refractivity contribution in [2.45, 2.75) is 25.7 Å². The predicted octanol–water partition coefficient (Wildman–Crippen LogP) is 12.6. The standard InChI is InChI=1S/C48H36N2/c1-3-11-33(12-4-1)35-19-25-39(26-20-35)49-45-17-9-7-15-41(45)43-31-37(23-29-47(43)49)38-24-30-48-44(32-38)42-16-8-10-18-46(42)50(48)40-27-21-36(22-28-40)34-13-5-2-6-14-34/h1,3-5,7-23,25-29,31-32H,2,6,24,30H2. The highest BCUT2D eigenvalue weighted by molar-refractivity contribution is 6.10. The molecule has 2 aliphatic rings. The molecule has 238 valence electrons. The van der Waals surface area contributed by atoms with Crippen molar-refractivity contribution in [3.8, 4) is 22.5 Å². The van der Waals surface area contributed by atoms with Gasteiger partial charge in [-0.2, -0.15) is 0 Å². The molecule has 10 rings (SSSR count). The van der Waals surface area contributed by atoms with Gasteiger partial charge in [0.05, 0.1) is 16.6 Å². The zero-order chi connectivity index (χ0) is 33.0. The highest BCUT2D eigenvalue weighted by Crippen LogP contribution is 2.41. The average molecular weight is 641 g/mol. The van der Waals surface area contributed by atoms with Crippen LogP contribution in [0.25, 0.3) is 72.4 Å². The molecule has 2 heterocycles. The molecule has 2 nitrogen and oxygen atoms in total. The van der Waals surface area contributed by atoms with Gasteiger partial charge in [-0.1, -0.05) is 115 Å². The topological polar surface area (TPSA) is 9.86 Å². The van der Waals surface area contributed by atoms with E-state index in [1.54, 1.807) is 0 Å². The van der Waals surface area contributed by atoms with Crippen LogP contribution >= 0.6 is 0 Å². The molecule has 2 aliphatic carbocycles. The SMILES string of the molecule is C1=CC(c2ccc(-n3c4c(c5ccccc53)C=C(c3ccc5c(c3)c3ccccc3n5-c3ccc(-c5ccccc5)cc3)CC4)cc2)=CCC1. The van der Waals surface area contributed by atoms with Crippen molar-refractivity contribution in [1.82, 2.24) is 9.13 Å². The molecule has 0 aliphatic heterocycles. The Morgan fingerprint density at radius 2 is 1.06 bits per heavy atom. The molecule has 8 aromatic rings. The summed E-state index contributed by atoms with van der Waals surface area (Å²) in [7, 11) is 0. The number of para-hydroxylation sites is 2. The van der Waals surface area contributed by atoms with Gasteiger partial charge in [0.1, 0.15) is 0 Å². The van der Waals surface area contributed by atoms with Crippen molar-refractivity contribution >= 4 is 49.9 Å². The fourth-order valence-corrected chi connectivity index (χ4v) is 8.26. The molecule has 50 heavy (non-hydrogen) atoms. The fourth-order valence-electron chi connectivity index (χ4n) is 8.26. The Morgan fingerprint density at radius 1 is 0.440 bits per heavy atom. The normalized spacial score (nSPS) is 14.2. The van der Waals surface area contributed by atoms with E-state index in [0.717, 1.165) is 25.7 Å². The molecule has 0 bridgehead atoms. The van der Waals surface area contributed by atoms with Crippen LogP contribution in [-0.4, -0.2) is 9.13 Å². The Bertz CT molecular complexity index is 2660. The molecule has 0 spiro atoms. The molecular weight excluding hydrogens is 605 g/mol. The van der Waals surface area contributed by atoms with E-state index in [2.05, 4.69) is 179 Å². The van der Waals surface area contributed by atoms with Crippen molar-refractivity contribution < 1.29 is 0 Å². The minimum absolute atomic E-state index is 0.999. The Hall–Kier alpha value is -6.12. The summed E-state index contributed by atoms with van der Waals surface area (Å²) in [5.41, 5.74) is 16.7. The van der Waals surface area contributed by atoms with Crippen LogP contribution in [0.4, 0.5) is 0 Å². The molecule has 2 heteroatoms. The van der Waals surface area contributed by atoms with Gasteiger partial charge in [0.2, 0.25) is 0 Å². The number of hydrogen-bond donors (Lipinski definition) is 0. The first kappa shape index (κ1) is 28.9. The number of fused-ring (bicyclic) bond motifs is 6. The monoisotopic (exact) mass is 640 g/mol. The van der Waals surface area contributed by atoms with Gasteiger partial charge < -0.3 is 9.13 Å². The molecule has 0 fully saturated rings. The van der Waals surface area contributed by atoms with Gasteiger partial charge in [-0.25, -0.2) is 0 Å². The van der Waals surface area contributed by atoms with E-state index in [-0.39, 0.29) is 0 Å². The first-order chi connectivity index (χ1) is 24.8. The summed E-state index contributed by atoms with van der Waals surface area (Å²) in [5.74, 6) is 0. The molecule has 0 amide bonds. The molecule has 0 saturated carbocycles. The second-order valence-corrected chi connectivity index (χ2v) is 13.6. The lowest BCUT2D eigenvalue weighted by Crippen LogP contribution is -2.05. The van der Waals surface area contributed by atoms with E-state index in [0.29, 0.717) is 0 Å². The van der Waals surface area contributed by atoms with Crippen molar-refractivity contribution in [3.63, 3.8) is 0 Å². The number of allylic oxidation sites excluding steroid dienone is 5. The summed E-state index contributed by atoms with van der Waals surface area (Å²) in [4.78, 5) is 0. The number of aromatic nitrogens is 2. The molecule has 0 saturated heterocycles. The number of hydrogen-bond acceptors (Lipinski definition) is 0. The van der Waals surface area contributed by atoms with Crippen molar-refractivity contribution in [2.24, 2.45) is 0 Å². The minimum atomic E-state index is 0.999. The van der Waals surface area contributed by atoms with Crippen LogP contribution < -0.4 is 0 Å². The second kappa shape index (κ2) is 11.8. The molecule has 2 aromatic heterocycles. The molecule has 0 atom stereocenters. The maximum Gasteiger partial charge on any atom is 0.0541 e. The van der Waals surface area contributed by atoms with Crippen LogP contribution in [0, 0.1) is 0 Å². The first-order valence-corrected chi connectivity index (χ1v) is 17.8. The average Bonchev–Trinajstić information content (AvgIpc) is 3.71. The predicted molar refractivity (Wildman–Crippen MR) is 212 cm³/mol. The second-order valence-electron chi connectivity index (χ2n) is 13.6. The minimum Gasteiger partial charge on any atom is -0.313 e. The Kier molecular flexibility index (Phi) is 6.80. The van der Waals surface area contributed by atoms with Gasteiger partial charge in [-0.05, 0) is 114 Å². The summed E-state index contributed by atoms with van der Waals surface area (Å²) in [6, 6.07) is 53.5. The van der Waals surface area contributed by atoms with Gasteiger partial charge >= 0.3 is 0 Å². The van der Waals surface area contributed by atoms with Crippen LogP contribution in [-0.2, 0) is 6.42 Å². The summed E-state index contributed by atoms with van der Waals surface area (Å²) in [5, 5.41) is 3.90. The summed E-state index contributed by atoms with van der Waals surface area (Å²) < 4.78 is 4.91. The van der Waals surface area contributed by atoms with Crippen LogP contribution in [0.3, 0.4) is 0 Å². The number of nitrogens with zero attached hydrogens (tertiary/aromatic N) is 2. The lowest BCUT2D eigenvalue weighted by Gasteiger charge is -2.18. The van der Waals surface area contributed by atoms with E-state index in [1.165, 1.54) is 88.7 Å². The highest BCUT2D eigenvalue weighted by Gasteiger charge is 2.22. The van der Waals surface area contributed by atoms with E-state index in [4.69, 9.17) is 0 Å². The largest absolute Gasteiger partial charge is 0.313 e. The zero-order valence-electron chi connectivity index (χ0n) is 27.9. The maximum absolute atomic E-state index is 2.49. The van der Waals surface area contributed by atoms with Gasteiger partial charge in [0, 0.05) is 38.8 Å². The number of benzene rings is 6. The van der Waals surface area contributed by atoms with Crippen molar-refractivity contribution in [3.05, 3.63) is 186 Å². The maximum atomic E-state index is 2.49. The Labute approximate surface area is 292 Å². The quantitative estimate of drug-likeness (QED) is 0.177. The van der Waals surface area contributed by atoms with Gasteiger partial charge in [-0.3, -0.25) is 0 Å². The van der Waals surface area contributed by atoms with E-state index >= 15 is 0 Å². The lowest BCUT2D eigenvalue weighted by molar-refractivity contribution is 0.898. The molecular formula is C48H36N2. The summed E-state index contributed by atoms with van der Waals surface area (Å²) >= 11 is 0. The van der Waals surface area contributed by atoms with Crippen molar-refractivity contribution in [2.75, 3.05) is 0 Å². The smallest absolute Gasteiger partial charge is 0.0541 e. The van der Waals surface area contributed by atoms with Gasteiger partial charge in [-0.15, -0.1) is 0 Å². The van der Waals surface area contributed by atoms with E-state index in [9.17, 15) is 0 Å². The highest BCUT2D eigenvalue weighted by atomic mass is 15.0. The Balaban J connectivity index is 1.06. The zero-order valence-corrected chi connectivity index (χ0v) is 27.9. The lowest BCUT2D eigenvalue weighted by atomic mass is 9.90. The third kappa shape index (κ3) is 4.71.